The molecule has 2 saturated heterocycles. The van der Waals surface area contributed by atoms with Crippen LogP contribution < -0.4 is 0 Å². The fourth-order valence-corrected chi connectivity index (χ4v) is 6.12. The number of hydrogen-bond donors (Lipinski definition) is 1. The van der Waals surface area contributed by atoms with Crippen molar-refractivity contribution in [2.24, 2.45) is 5.92 Å². The molecule has 3 atom stereocenters. The van der Waals surface area contributed by atoms with E-state index in [2.05, 4.69) is 33.9 Å². The number of ether oxygens (including phenoxy) is 1. The highest BCUT2D eigenvalue weighted by molar-refractivity contribution is 7.98. The molecule has 2 aliphatic rings. The number of β-lactam (4-membered cyclic amide) rings is 1. The first-order valence-corrected chi connectivity index (χ1v) is 13.9. The van der Waals surface area contributed by atoms with E-state index >= 15 is 0 Å². The highest BCUT2D eigenvalue weighted by Gasteiger charge is 2.57. The average molecular weight is 473 g/mol. The van der Waals surface area contributed by atoms with Gasteiger partial charge in [-0.25, -0.2) is 9.10 Å². The van der Waals surface area contributed by atoms with Gasteiger partial charge in [0.15, 0.2) is 14.0 Å². The minimum absolute atomic E-state index is 0.0873. The number of carbonyl (C=O) groups is 4. The highest BCUT2D eigenvalue weighted by atomic mass is 32.2. The molecule has 9 nitrogen and oxygen atoms in total. The Labute approximate surface area is 188 Å². The second-order valence-electron chi connectivity index (χ2n) is 9.32. The van der Waals surface area contributed by atoms with Gasteiger partial charge in [-0.15, -0.1) is 0 Å². The fourth-order valence-electron chi connectivity index (χ4n) is 3.28. The maximum absolute atomic E-state index is 13.2. The van der Waals surface area contributed by atoms with E-state index in [0.29, 0.717) is 0 Å². The van der Waals surface area contributed by atoms with Gasteiger partial charge in [-0.2, -0.15) is 0 Å². The molecule has 0 aromatic carbocycles. The maximum Gasteiger partial charge on any atom is 0.358 e. The van der Waals surface area contributed by atoms with E-state index in [-0.39, 0.29) is 41.2 Å². The third-order valence-electron chi connectivity index (χ3n) is 6.06. The average Bonchev–Trinajstić information content (AvgIpc) is 2.95. The summed E-state index contributed by atoms with van der Waals surface area (Å²) in [5.74, 6) is -3.11. The summed E-state index contributed by atoms with van der Waals surface area (Å²) in [5.41, 5.74) is -0.306. The zero-order valence-electron chi connectivity index (χ0n) is 19.3. The van der Waals surface area contributed by atoms with Crippen LogP contribution in [0.15, 0.2) is 11.5 Å². The van der Waals surface area contributed by atoms with Crippen molar-refractivity contribution in [2.75, 3.05) is 7.11 Å². The zero-order chi connectivity index (χ0) is 23.9. The lowest BCUT2D eigenvalue weighted by Gasteiger charge is -2.51. The van der Waals surface area contributed by atoms with E-state index in [0.717, 1.165) is 28.3 Å². The van der Waals surface area contributed by atoms with Gasteiger partial charge < -0.3 is 14.3 Å². The van der Waals surface area contributed by atoms with Crippen molar-refractivity contribution in [3.63, 3.8) is 0 Å². The number of hydrogen-bond acceptors (Lipinski definition) is 8. The van der Waals surface area contributed by atoms with Crippen molar-refractivity contribution < 1.29 is 33.4 Å². The van der Waals surface area contributed by atoms with Crippen LogP contribution in [0, 0.1) is 5.92 Å². The minimum atomic E-state index is -2.22. The Morgan fingerprint density at radius 3 is 2.13 bits per heavy atom. The van der Waals surface area contributed by atoms with E-state index in [1.165, 1.54) is 6.92 Å². The molecule has 174 valence electrons. The van der Waals surface area contributed by atoms with Crippen LogP contribution in [0.3, 0.4) is 0 Å². The number of aliphatic hydroxyl groups is 1. The number of carbonyl (C=O) groups excluding carboxylic acids is 4. The number of esters is 1. The molecule has 0 aromatic rings. The molecule has 0 spiro atoms. The van der Waals surface area contributed by atoms with Crippen LogP contribution in [0.25, 0.3) is 0 Å². The summed E-state index contributed by atoms with van der Waals surface area (Å²) in [6, 6.07) is 0. The maximum atomic E-state index is 13.2. The first-order valence-electron chi connectivity index (χ1n) is 10.2. The van der Waals surface area contributed by atoms with Crippen LogP contribution in [0.5, 0.6) is 0 Å². The molecule has 2 heterocycles. The zero-order valence-corrected chi connectivity index (χ0v) is 21.2. The van der Waals surface area contributed by atoms with Crippen molar-refractivity contribution in [1.29, 1.82) is 0 Å². The van der Waals surface area contributed by atoms with Gasteiger partial charge in [0.05, 0.1) is 19.1 Å². The highest BCUT2D eigenvalue weighted by Crippen LogP contribution is 2.46. The van der Waals surface area contributed by atoms with Crippen molar-refractivity contribution in [3.8, 4) is 0 Å². The smallest absolute Gasteiger partial charge is 0.358 e. The molecule has 0 unspecified atom stereocenters. The summed E-state index contributed by atoms with van der Waals surface area (Å²) in [7, 11) is -1.08. The van der Waals surface area contributed by atoms with E-state index in [9.17, 15) is 24.3 Å². The number of imide groups is 1. The fraction of sp³-hybridized carbons (Fsp3) is 0.700. The Hall–Kier alpha value is -1.85. The van der Waals surface area contributed by atoms with E-state index in [1.807, 2.05) is 0 Å². The lowest BCUT2D eigenvalue weighted by Crippen LogP contribution is -2.65. The van der Waals surface area contributed by atoms with E-state index < -0.39 is 37.6 Å². The van der Waals surface area contributed by atoms with Gasteiger partial charge in [0.25, 0.3) is 0 Å². The molecule has 3 amide bonds. The van der Waals surface area contributed by atoms with Gasteiger partial charge in [0.1, 0.15) is 11.1 Å². The molecule has 11 heteroatoms. The van der Waals surface area contributed by atoms with Gasteiger partial charge >= 0.3 is 5.97 Å². The minimum Gasteiger partial charge on any atom is -0.510 e. The van der Waals surface area contributed by atoms with Gasteiger partial charge in [-0.05, 0) is 43.9 Å². The third-order valence-corrected chi connectivity index (χ3v) is 12.0. The summed E-state index contributed by atoms with van der Waals surface area (Å²) in [6.07, 6.45) is -0.314. The third kappa shape index (κ3) is 4.83. The number of likely N-dealkylation sites (tertiary alicyclic amines) is 1. The first-order chi connectivity index (χ1) is 14.1. The van der Waals surface area contributed by atoms with Crippen LogP contribution in [0.4, 0.5) is 0 Å². The number of allylic oxidation sites excluding steroid dienone is 1. The SMILES string of the molecule is COC(=O)C(=C(C)O)N1C(=O)[C@H]([C@@H](C)O[Si](C)(C)C(C)(C)C)[C@H]1SN1C(=O)CCC1=O. The molecule has 0 aliphatic carbocycles. The monoisotopic (exact) mass is 472 g/mol. The summed E-state index contributed by atoms with van der Waals surface area (Å²) in [6.45, 7) is 13.5. The molecular formula is C20H32N2O7SSi. The Morgan fingerprint density at radius 2 is 1.71 bits per heavy atom. The van der Waals surface area contributed by atoms with Crippen LogP contribution in [0.2, 0.25) is 18.1 Å². The van der Waals surface area contributed by atoms with Crippen molar-refractivity contribution in [1.82, 2.24) is 9.21 Å². The summed E-state index contributed by atoms with van der Waals surface area (Å²) < 4.78 is 12.2. The molecule has 0 radical (unpaired) electrons. The van der Waals surface area contributed by atoms with E-state index in [4.69, 9.17) is 9.16 Å². The largest absolute Gasteiger partial charge is 0.510 e. The van der Waals surface area contributed by atoms with E-state index in [1.54, 1.807) is 6.92 Å². The molecule has 0 bridgehead atoms. The Morgan fingerprint density at radius 1 is 1.19 bits per heavy atom. The Bertz CT molecular complexity index is 801. The molecule has 1 N–H and O–H groups in total. The summed E-state index contributed by atoms with van der Waals surface area (Å²) in [4.78, 5) is 50.9. The molecule has 2 rings (SSSR count). The van der Waals surface area contributed by atoms with Crippen molar-refractivity contribution in [2.45, 2.75) is 77.1 Å². The molecule has 0 aromatic heterocycles. The molecule has 31 heavy (non-hydrogen) atoms. The van der Waals surface area contributed by atoms with Crippen LogP contribution in [-0.4, -0.2) is 64.9 Å². The van der Waals surface area contributed by atoms with Crippen LogP contribution in [-0.2, 0) is 28.3 Å². The number of amides is 3. The van der Waals surface area contributed by atoms with Crippen LogP contribution >= 0.6 is 11.9 Å². The predicted molar refractivity (Wildman–Crippen MR) is 118 cm³/mol. The Kier molecular flexibility index (Phi) is 7.33. The number of nitrogens with zero attached hydrogens (tertiary/aromatic N) is 2. The molecule has 2 aliphatic heterocycles. The molecule has 2 fully saturated rings. The lowest BCUT2D eigenvalue weighted by atomic mass is 9.92. The Balaban J connectivity index is 2.40. The standard InChI is InChI=1S/C20H32N2O7SSi/c1-11(23)16(19(27)28-6)21-17(26)15(12(2)29-31(7,8)20(3,4)5)18(21)30-22-13(24)9-10-14(22)25/h12,15,18,23H,9-10H2,1-8H3/t12-,15+,18-/m1/s1. The van der Waals surface area contributed by atoms with Crippen LogP contribution in [0.1, 0.15) is 47.5 Å². The molecular weight excluding hydrogens is 440 g/mol. The van der Waals surface area contributed by atoms with Crippen molar-refractivity contribution >= 4 is 44.0 Å². The summed E-state index contributed by atoms with van der Waals surface area (Å²) >= 11 is 0.887. The second kappa shape index (κ2) is 8.95. The number of rotatable bonds is 7. The van der Waals surface area contributed by atoms with Gasteiger partial charge in [0.2, 0.25) is 17.7 Å². The second-order valence-corrected chi connectivity index (χ2v) is 15.1. The van der Waals surface area contributed by atoms with Crippen molar-refractivity contribution in [3.05, 3.63) is 11.5 Å². The predicted octanol–water partition coefficient (Wildman–Crippen LogP) is 2.94. The quantitative estimate of drug-likeness (QED) is 0.114. The topological polar surface area (TPSA) is 113 Å². The first kappa shape index (κ1) is 25.4. The van der Waals surface area contributed by atoms with Gasteiger partial charge in [-0.3, -0.25) is 19.3 Å². The lowest BCUT2D eigenvalue weighted by molar-refractivity contribution is -0.158. The molecule has 0 saturated carbocycles. The summed E-state index contributed by atoms with van der Waals surface area (Å²) in [5, 5.41) is 9.20. The van der Waals surface area contributed by atoms with Gasteiger partial charge in [-0.1, -0.05) is 20.8 Å². The van der Waals surface area contributed by atoms with Gasteiger partial charge in [0, 0.05) is 12.8 Å². The number of aliphatic hydroxyl groups excluding tert-OH is 1. The normalized spacial score (nSPS) is 24.2. The number of methoxy groups -OCH3 is 1.